The van der Waals surface area contributed by atoms with Crippen molar-refractivity contribution < 1.29 is 0 Å². The first-order chi connectivity index (χ1) is 9.76. The minimum atomic E-state index is 0.301. The zero-order valence-corrected chi connectivity index (χ0v) is 12.4. The molecule has 2 N–H and O–H groups in total. The summed E-state index contributed by atoms with van der Waals surface area (Å²) in [5.74, 6) is 0.301. The number of hydrogen-bond acceptors (Lipinski definition) is 3. The molecule has 20 heavy (non-hydrogen) atoms. The maximum atomic E-state index is 5.97. The summed E-state index contributed by atoms with van der Waals surface area (Å²) in [4.78, 5) is 4.74. The van der Waals surface area contributed by atoms with Crippen LogP contribution < -0.4 is 5.73 Å². The zero-order valence-electron chi connectivity index (χ0n) is 11.5. The van der Waals surface area contributed by atoms with Crippen LogP contribution in [0.25, 0.3) is 10.2 Å². The largest absolute Gasteiger partial charge is 0.330 e. The lowest BCUT2D eigenvalue weighted by atomic mass is 9.99. The van der Waals surface area contributed by atoms with E-state index in [9.17, 15) is 0 Å². The van der Waals surface area contributed by atoms with Crippen LogP contribution in [-0.2, 0) is 6.42 Å². The fourth-order valence-corrected chi connectivity index (χ4v) is 3.43. The first-order valence-electron chi connectivity index (χ1n) is 6.87. The van der Waals surface area contributed by atoms with Crippen molar-refractivity contribution in [2.75, 3.05) is 6.54 Å². The molecule has 0 aliphatic heterocycles. The molecule has 0 spiro atoms. The average molecular weight is 282 g/mol. The highest BCUT2D eigenvalue weighted by molar-refractivity contribution is 7.18. The highest BCUT2D eigenvalue weighted by atomic mass is 32.1. The van der Waals surface area contributed by atoms with Crippen molar-refractivity contribution in [3.05, 3.63) is 64.7 Å². The molecule has 0 aliphatic carbocycles. The molecule has 0 bridgehead atoms. The third-order valence-corrected chi connectivity index (χ3v) is 4.75. The van der Waals surface area contributed by atoms with Crippen LogP contribution in [0.5, 0.6) is 0 Å². The number of aromatic nitrogens is 1. The van der Waals surface area contributed by atoms with Crippen LogP contribution >= 0.6 is 11.3 Å². The van der Waals surface area contributed by atoms with E-state index < -0.39 is 0 Å². The first-order valence-corrected chi connectivity index (χ1v) is 7.69. The molecule has 1 heterocycles. The molecule has 1 aromatic heterocycles. The standard InChI is InChI=1S/C17H18N2S/c1-12-6-8-13(9-7-12)10-14(11-18)17-19-15-4-2-3-5-16(15)20-17/h2-9,14H,10-11,18H2,1H3. The minimum Gasteiger partial charge on any atom is -0.330 e. The molecule has 0 fully saturated rings. The van der Waals surface area contributed by atoms with Gasteiger partial charge >= 0.3 is 0 Å². The summed E-state index contributed by atoms with van der Waals surface area (Å²) in [5.41, 5.74) is 9.66. The van der Waals surface area contributed by atoms with Crippen molar-refractivity contribution >= 4 is 21.6 Å². The Bertz CT molecular complexity index is 667. The fourth-order valence-electron chi connectivity index (χ4n) is 2.34. The highest BCUT2D eigenvalue weighted by Gasteiger charge is 2.15. The van der Waals surface area contributed by atoms with Gasteiger partial charge in [-0.3, -0.25) is 0 Å². The molecule has 0 saturated heterocycles. The smallest absolute Gasteiger partial charge is 0.0985 e. The predicted octanol–water partition coefficient (Wildman–Crippen LogP) is 3.89. The number of aryl methyl sites for hydroxylation is 1. The molecule has 1 atom stereocenters. The second-order valence-corrected chi connectivity index (χ2v) is 6.20. The van der Waals surface area contributed by atoms with Gasteiger partial charge in [-0.25, -0.2) is 4.98 Å². The summed E-state index contributed by atoms with van der Waals surface area (Å²) in [5, 5.41) is 1.15. The van der Waals surface area contributed by atoms with Crippen LogP contribution in [0.2, 0.25) is 0 Å². The number of hydrogen-bond donors (Lipinski definition) is 1. The topological polar surface area (TPSA) is 38.9 Å². The summed E-state index contributed by atoms with van der Waals surface area (Å²) in [6, 6.07) is 17.0. The van der Waals surface area contributed by atoms with Gasteiger partial charge < -0.3 is 5.73 Å². The second kappa shape index (κ2) is 5.73. The fraction of sp³-hybridized carbons (Fsp3) is 0.235. The number of fused-ring (bicyclic) bond motifs is 1. The number of rotatable bonds is 4. The summed E-state index contributed by atoms with van der Waals surface area (Å²) in [6.45, 7) is 2.74. The van der Waals surface area contributed by atoms with Gasteiger partial charge in [0.05, 0.1) is 15.2 Å². The van der Waals surface area contributed by atoms with Gasteiger partial charge in [0.1, 0.15) is 0 Å². The molecule has 0 saturated carbocycles. The van der Waals surface area contributed by atoms with Crippen molar-refractivity contribution in [1.82, 2.24) is 4.98 Å². The minimum absolute atomic E-state index is 0.301. The second-order valence-electron chi connectivity index (χ2n) is 5.14. The zero-order chi connectivity index (χ0) is 13.9. The normalized spacial score (nSPS) is 12.7. The first kappa shape index (κ1) is 13.3. The molecule has 0 radical (unpaired) electrons. The molecule has 102 valence electrons. The van der Waals surface area contributed by atoms with Gasteiger partial charge in [-0.15, -0.1) is 11.3 Å². The van der Waals surface area contributed by atoms with Crippen molar-refractivity contribution in [1.29, 1.82) is 0 Å². The van der Waals surface area contributed by atoms with Gasteiger partial charge in [0.25, 0.3) is 0 Å². The van der Waals surface area contributed by atoms with E-state index in [0.29, 0.717) is 12.5 Å². The van der Waals surface area contributed by atoms with Gasteiger partial charge in [-0.05, 0) is 31.0 Å². The SMILES string of the molecule is Cc1ccc(CC(CN)c2nc3ccccc3s2)cc1. The van der Waals surface area contributed by atoms with Crippen molar-refractivity contribution in [3.63, 3.8) is 0 Å². The Labute approximate surface area is 123 Å². The van der Waals surface area contributed by atoms with E-state index in [1.807, 2.05) is 6.07 Å². The van der Waals surface area contributed by atoms with Gasteiger partial charge in [0.15, 0.2) is 0 Å². The number of para-hydroxylation sites is 1. The van der Waals surface area contributed by atoms with E-state index in [1.54, 1.807) is 11.3 Å². The van der Waals surface area contributed by atoms with E-state index in [4.69, 9.17) is 10.7 Å². The Morgan fingerprint density at radius 3 is 2.55 bits per heavy atom. The lowest BCUT2D eigenvalue weighted by Gasteiger charge is -2.11. The highest BCUT2D eigenvalue weighted by Crippen LogP contribution is 2.29. The predicted molar refractivity (Wildman–Crippen MR) is 86.3 cm³/mol. The van der Waals surface area contributed by atoms with Crippen LogP contribution in [0.15, 0.2) is 48.5 Å². The number of nitrogens with two attached hydrogens (primary N) is 1. The Morgan fingerprint density at radius 1 is 1.10 bits per heavy atom. The molecule has 3 aromatic rings. The maximum absolute atomic E-state index is 5.97. The van der Waals surface area contributed by atoms with Gasteiger partial charge in [0, 0.05) is 12.5 Å². The third-order valence-electron chi connectivity index (χ3n) is 3.55. The van der Waals surface area contributed by atoms with Crippen LogP contribution in [0.4, 0.5) is 0 Å². The molecule has 2 nitrogen and oxygen atoms in total. The van der Waals surface area contributed by atoms with E-state index in [0.717, 1.165) is 16.9 Å². The lowest BCUT2D eigenvalue weighted by molar-refractivity contribution is 0.690. The summed E-state index contributed by atoms with van der Waals surface area (Å²) in [6.07, 6.45) is 0.955. The Kier molecular flexibility index (Phi) is 3.81. The van der Waals surface area contributed by atoms with Crippen molar-refractivity contribution in [2.24, 2.45) is 5.73 Å². The number of thiazole rings is 1. The third kappa shape index (κ3) is 2.74. The molecule has 0 amide bonds. The number of benzene rings is 2. The summed E-state index contributed by atoms with van der Waals surface area (Å²) >= 11 is 1.76. The van der Waals surface area contributed by atoms with E-state index >= 15 is 0 Å². The van der Waals surface area contributed by atoms with Gasteiger partial charge in [-0.2, -0.15) is 0 Å². The van der Waals surface area contributed by atoms with Crippen LogP contribution in [0, 0.1) is 6.92 Å². The average Bonchev–Trinajstić information content (AvgIpc) is 2.90. The Morgan fingerprint density at radius 2 is 1.85 bits per heavy atom. The Hall–Kier alpha value is -1.71. The van der Waals surface area contributed by atoms with Crippen LogP contribution in [0.1, 0.15) is 22.1 Å². The molecule has 1 unspecified atom stereocenters. The molecular formula is C17H18N2S. The molecule has 3 rings (SSSR count). The molecule has 2 aromatic carbocycles. The lowest BCUT2D eigenvalue weighted by Crippen LogP contribution is -2.14. The maximum Gasteiger partial charge on any atom is 0.0985 e. The Balaban J connectivity index is 1.87. The monoisotopic (exact) mass is 282 g/mol. The quantitative estimate of drug-likeness (QED) is 0.788. The summed E-state index contributed by atoms with van der Waals surface area (Å²) in [7, 11) is 0. The number of nitrogens with zero attached hydrogens (tertiary/aromatic N) is 1. The van der Waals surface area contributed by atoms with Crippen molar-refractivity contribution in [3.8, 4) is 0 Å². The van der Waals surface area contributed by atoms with E-state index in [-0.39, 0.29) is 0 Å². The van der Waals surface area contributed by atoms with E-state index in [1.165, 1.54) is 15.8 Å². The molecule has 3 heteroatoms. The van der Waals surface area contributed by atoms with Crippen LogP contribution in [0.3, 0.4) is 0 Å². The van der Waals surface area contributed by atoms with Gasteiger partial charge in [0.2, 0.25) is 0 Å². The van der Waals surface area contributed by atoms with Crippen molar-refractivity contribution in [2.45, 2.75) is 19.3 Å². The summed E-state index contributed by atoms with van der Waals surface area (Å²) < 4.78 is 1.24. The molecular weight excluding hydrogens is 264 g/mol. The van der Waals surface area contributed by atoms with Gasteiger partial charge in [-0.1, -0.05) is 42.0 Å². The van der Waals surface area contributed by atoms with Crippen LogP contribution in [-0.4, -0.2) is 11.5 Å². The molecule has 0 aliphatic rings. The van der Waals surface area contributed by atoms with E-state index in [2.05, 4.69) is 49.4 Å².